The van der Waals surface area contributed by atoms with Gasteiger partial charge in [-0.2, -0.15) is 5.10 Å². The van der Waals surface area contributed by atoms with Crippen LogP contribution in [-0.2, 0) is 16.7 Å². The first kappa shape index (κ1) is 18.0. The lowest BCUT2D eigenvalue weighted by molar-refractivity contribution is 0.0497. The van der Waals surface area contributed by atoms with E-state index >= 15 is 0 Å². The van der Waals surface area contributed by atoms with Crippen molar-refractivity contribution in [3.05, 3.63) is 41.2 Å². The van der Waals surface area contributed by atoms with Crippen molar-refractivity contribution in [1.29, 1.82) is 0 Å². The third-order valence-corrected chi connectivity index (χ3v) is 5.15. The maximum Gasteiger partial charge on any atom is 0.231 e. The summed E-state index contributed by atoms with van der Waals surface area (Å²) in [6.07, 6.45) is 3.90. The van der Waals surface area contributed by atoms with Crippen molar-refractivity contribution in [1.82, 2.24) is 15.5 Å². The average Bonchev–Trinajstić information content (AvgIpc) is 3.24. The standard InChI is InChI=1S/C18H23N3O3.ClH/c1-13-14(10-20-21-13)9-19-11-18(4-6-22-7-5-18)15-2-3-16-17(8-15)24-12-23-16;/h2-3,8,10,19H,4-7,9,11-12H2,1H3,(H,20,21);1H. The molecular weight excluding hydrogens is 342 g/mol. The smallest absolute Gasteiger partial charge is 0.231 e. The summed E-state index contributed by atoms with van der Waals surface area (Å²) in [7, 11) is 0. The fraction of sp³-hybridized carbons (Fsp3) is 0.500. The van der Waals surface area contributed by atoms with E-state index in [-0.39, 0.29) is 17.8 Å². The molecule has 1 saturated heterocycles. The van der Waals surface area contributed by atoms with Crippen molar-refractivity contribution in [2.45, 2.75) is 31.7 Å². The SMILES string of the molecule is Cc1[nH]ncc1CNCC1(c2ccc3c(c2)OCO3)CCOCC1.Cl. The predicted molar refractivity (Wildman–Crippen MR) is 96.6 cm³/mol. The van der Waals surface area contributed by atoms with Gasteiger partial charge in [-0.15, -0.1) is 12.4 Å². The third kappa shape index (κ3) is 3.61. The van der Waals surface area contributed by atoms with Crippen molar-refractivity contribution < 1.29 is 14.2 Å². The van der Waals surface area contributed by atoms with Crippen molar-refractivity contribution in [3.63, 3.8) is 0 Å². The molecule has 3 heterocycles. The molecule has 2 N–H and O–H groups in total. The minimum absolute atomic E-state index is 0. The maximum absolute atomic E-state index is 5.61. The first-order chi connectivity index (χ1) is 11.8. The van der Waals surface area contributed by atoms with E-state index in [1.165, 1.54) is 11.1 Å². The summed E-state index contributed by atoms with van der Waals surface area (Å²) in [4.78, 5) is 0. The number of halogens is 1. The minimum Gasteiger partial charge on any atom is -0.454 e. The minimum atomic E-state index is 0. The van der Waals surface area contributed by atoms with Crippen LogP contribution in [0.15, 0.2) is 24.4 Å². The van der Waals surface area contributed by atoms with Crippen molar-refractivity contribution in [2.24, 2.45) is 0 Å². The molecule has 1 fully saturated rings. The van der Waals surface area contributed by atoms with Crippen LogP contribution in [-0.4, -0.2) is 36.7 Å². The summed E-state index contributed by atoms with van der Waals surface area (Å²) < 4.78 is 16.6. The Labute approximate surface area is 153 Å². The Morgan fingerprint density at radius 2 is 2.00 bits per heavy atom. The Hall–Kier alpha value is -1.76. The molecule has 1 aromatic heterocycles. The third-order valence-electron chi connectivity index (χ3n) is 5.15. The van der Waals surface area contributed by atoms with Gasteiger partial charge in [0.05, 0.1) is 6.20 Å². The second-order valence-corrected chi connectivity index (χ2v) is 6.58. The number of hydrogen-bond donors (Lipinski definition) is 2. The monoisotopic (exact) mass is 365 g/mol. The summed E-state index contributed by atoms with van der Waals surface area (Å²) in [6, 6.07) is 6.33. The molecule has 0 unspecified atom stereocenters. The second-order valence-electron chi connectivity index (χ2n) is 6.58. The summed E-state index contributed by atoms with van der Waals surface area (Å²) in [5, 5.41) is 10.7. The van der Waals surface area contributed by atoms with Crippen LogP contribution in [0.2, 0.25) is 0 Å². The van der Waals surface area contributed by atoms with Gasteiger partial charge in [0.25, 0.3) is 0 Å². The van der Waals surface area contributed by atoms with E-state index in [4.69, 9.17) is 14.2 Å². The van der Waals surface area contributed by atoms with Gasteiger partial charge >= 0.3 is 0 Å². The topological polar surface area (TPSA) is 68.4 Å². The van der Waals surface area contributed by atoms with Gasteiger partial charge in [-0.3, -0.25) is 5.10 Å². The Bertz CT molecular complexity index is 713. The molecule has 25 heavy (non-hydrogen) atoms. The molecule has 1 aromatic carbocycles. The van der Waals surface area contributed by atoms with Crippen molar-refractivity contribution in [2.75, 3.05) is 26.6 Å². The number of aromatic nitrogens is 2. The zero-order valence-corrected chi connectivity index (χ0v) is 15.2. The molecule has 0 bridgehead atoms. The van der Waals surface area contributed by atoms with Gasteiger partial charge in [0, 0.05) is 43.0 Å². The molecular formula is C18H24ClN3O3. The molecule has 0 saturated carbocycles. The van der Waals surface area contributed by atoms with Gasteiger partial charge in [-0.25, -0.2) is 0 Å². The fourth-order valence-electron chi connectivity index (χ4n) is 3.55. The van der Waals surface area contributed by atoms with Gasteiger partial charge < -0.3 is 19.5 Å². The highest BCUT2D eigenvalue weighted by atomic mass is 35.5. The summed E-state index contributed by atoms with van der Waals surface area (Å²) in [5.74, 6) is 1.69. The van der Waals surface area contributed by atoms with Crippen LogP contribution >= 0.6 is 12.4 Å². The molecule has 7 heteroatoms. The van der Waals surface area contributed by atoms with Crippen molar-refractivity contribution >= 4 is 12.4 Å². The van der Waals surface area contributed by atoms with Gasteiger partial charge in [-0.1, -0.05) is 6.07 Å². The van der Waals surface area contributed by atoms with Crippen LogP contribution in [0.4, 0.5) is 0 Å². The Morgan fingerprint density at radius 1 is 1.20 bits per heavy atom. The summed E-state index contributed by atoms with van der Waals surface area (Å²) >= 11 is 0. The number of nitrogens with one attached hydrogen (secondary N) is 2. The number of ether oxygens (including phenoxy) is 3. The Morgan fingerprint density at radius 3 is 2.76 bits per heavy atom. The van der Waals surface area contributed by atoms with E-state index in [0.29, 0.717) is 6.79 Å². The van der Waals surface area contributed by atoms with Crippen LogP contribution in [0.3, 0.4) is 0 Å². The molecule has 2 aliphatic heterocycles. The molecule has 2 aromatic rings. The van der Waals surface area contributed by atoms with Crippen LogP contribution in [0.5, 0.6) is 11.5 Å². The molecule has 4 rings (SSSR count). The van der Waals surface area contributed by atoms with E-state index in [1.54, 1.807) is 0 Å². The number of aromatic amines is 1. The number of benzene rings is 1. The van der Waals surface area contributed by atoms with Crippen LogP contribution in [0.1, 0.15) is 29.7 Å². The van der Waals surface area contributed by atoms with Gasteiger partial charge in [-0.05, 0) is 37.5 Å². The molecule has 0 amide bonds. The molecule has 0 atom stereocenters. The van der Waals surface area contributed by atoms with Crippen LogP contribution in [0.25, 0.3) is 0 Å². The highest BCUT2D eigenvalue weighted by Crippen LogP contribution is 2.40. The van der Waals surface area contributed by atoms with Crippen LogP contribution < -0.4 is 14.8 Å². The molecule has 0 radical (unpaired) electrons. The quantitative estimate of drug-likeness (QED) is 0.852. The zero-order chi connectivity index (χ0) is 16.4. The summed E-state index contributed by atoms with van der Waals surface area (Å²) in [6.45, 7) is 5.66. The number of hydrogen-bond acceptors (Lipinski definition) is 5. The Kier molecular flexibility index (Phi) is 5.51. The molecule has 6 nitrogen and oxygen atoms in total. The number of H-pyrrole nitrogens is 1. The highest BCUT2D eigenvalue weighted by Gasteiger charge is 2.35. The molecule has 2 aliphatic rings. The average molecular weight is 366 g/mol. The van der Waals surface area contributed by atoms with Gasteiger partial charge in [0.1, 0.15) is 0 Å². The van der Waals surface area contributed by atoms with E-state index in [9.17, 15) is 0 Å². The number of nitrogens with zero attached hydrogens (tertiary/aromatic N) is 1. The number of aryl methyl sites for hydroxylation is 1. The lowest BCUT2D eigenvalue weighted by Gasteiger charge is -2.38. The zero-order valence-electron chi connectivity index (χ0n) is 14.3. The number of fused-ring (bicyclic) bond motifs is 1. The number of rotatable bonds is 5. The summed E-state index contributed by atoms with van der Waals surface area (Å²) in [5.41, 5.74) is 3.69. The highest BCUT2D eigenvalue weighted by molar-refractivity contribution is 5.85. The van der Waals surface area contributed by atoms with Gasteiger partial charge in [0.2, 0.25) is 6.79 Å². The normalized spacial score (nSPS) is 18.0. The molecule has 0 spiro atoms. The largest absolute Gasteiger partial charge is 0.454 e. The van der Waals surface area contributed by atoms with Crippen molar-refractivity contribution in [3.8, 4) is 11.5 Å². The van der Waals surface area contributed by atoms with E-state index in [0.717, 1.165) is 56.3 Å². The van der Waals surface area contributed by atoms with Crippen LogP contribution in [0, 0.1) is 6.92 Å². The van der Waals surface area contributed by atoms with E-state index in [1.807, 2.05) is 19.2 Å². The first-order valence-corrected chi connectivity index (χ1v) is 8.44. The van der Waals surface area contributed by atoms with E-state index in [2.05, 4.69) is 27.6 Å². The molecule has 0 aliphatic carbocycles. The van der Waals surface area contributed by atoms with E-state index < -0.39 is 0 Å². The second kappa shape index (κ2) is 7.64. The molecule has 136 valence electrons. The lowest BCUT2D eigenvalue weighted by Crippen LogP contribution is -2.42. The maximum atomic E-state index is 5.61. The first-order valence-electron chi connectivity index (χ1n) is 8.44. The predicted octanol–water partition coefficient (Wildman–Crippen LogP) is 2.71. The fourth-order valence-corrected chi connectivity index (χ4v) is 3.55. The van der Waals surface area contributed by atoms with Gasteiger partial charge in [0.15, 0.2) is 11.5 Å². The Balaban J connectivity index is 0.00000182. The lowest BCUT2D eigenvalue weighted by atomic mass is 9.74.